The maximum absolute atomic E-state index is 11.0. The van der Waals surface area contributed by atoms with Crippen molar-refractivity contribution in [2.75, 3.05) is 13.1 Å². The van der Waals surface area contributed by atoms with Gasteiger partial charge in [-0.1, -0.05) is 19.9 Å². The molecule has 6 nitrogen and oxygen atoms in total. The van der Waals surface area contributed by atoms with Crippen molar-refractivity contribution in [3.63, 3.8) is 0 Å². The Morgan fingerprint density at radius 1 is 1.33 bits per heavy atom. The molecule has 0 unspecified atom stereocenters. The molecular weight excluding hydrogens is 324 g/mol. The van der Waals surface area contributed by atoms with E-state index in [0.717, 1.165) is 13.1 Å². The molecule has 1 amide bonds. The molecule has 0 saturated heterocycles. The molecule has 0 aliphatic carbocycles. The van der Waals surface area contributed by atoms with Crippen molar-refractivity contribution in [2.24, 2.45) is 10.7 Å². The summed E-state index contributed by atoms with van der Waals surface area (Å²) in [5.41, 5.74) is 5.19. The molecule has 0 radical (unpaired) electrons. The zero-order valence-corrected chi connectivity index (χ0v) is 15.1. The summed E-state index contributed by atoms with van der Waals surface area (Å²) < 4.78 is 5.34. The van der Waals surface area contributed by atoms with Crippen LogP contribution in [-0.4, -0.2) is 25.0 Å². The number of hydrogen-bond acceptors (Lipinski definition) is 4. The lowest BCUT2D eigenvalue weighted by molar-refractivity contribution is 0.0972. The summed E-state index contributed by atoms with van der Waals surface area (Å²) in [6, 6.07) is 7.48. The number of amides is 1. The number of nitrogens with zero attached hydrogens (tertiary/aromatic N) is 1. The van der Waals surface area contributed by atoms with Crippen LogP contribution in [0.15, 0.2) is 39.1 Å². The molecule has 0 bridgehead atoms. The maximum atomic E-state index is 11.0. The Labute approximate surface area is 146 Å². The highest BCUT2D eigenvalue weighted by molar-refractivity contribution is 7.10. The first-order valence-corrected chi connectivity index (χ1v) is 8.75. The van der Waals surface area contributed by atoms with Crippen molar-refractivity contribution in [3.8, 4) is 0 Å². The highest BCUT2D eigenvalue weighted by Crippen LogP contribution is 2.26. The molecule has 2 rings (SSSR count). The Hall–Kier alpha value is -2.28. The van der Waals surface area contributed by atoms with Gasteiger partial charge in [0.15, 0.2) is 11.7 Å². The molecule has 0 aliphatic heterocycles. The van der Waals surface area contributed by atoms with E-state index in [1.54, 1.807) is 23.5 Å². The minimum atomic E-state index is -0.576. The van der Waals surface area contributed by atoms with Crippen LogP contribution in [0.5, 0.6) is 0 Å². The summed E-state index contributed by atoms with van der Waals surface area (Å²) in [4.78, 5) is 16.9. The van der Waals surface area contributed by atoms with E-state index >= 15 is 0 Å². The van der Waals surface area contributed by atoms with Gasteiger partial charge in [0.1, 0.15) is 12.3 Å². The van der Waals surface area contributed by atoms with Crippen LogP contribution in [0.3, 0.4) is 0 Å². The van der Waals surface area contributed by atoms with Gasteiger partial charge in [0.25, 0.3) is 5.91 Å². The standard InChI is InChI=1S/C17H24N4O2S/c1-4-19-16(20-10-12-7-8-13(23-12)15(18)22)21-11-17(2,3)14-6-5-9-24-14/h5-9H,4,10-11H2,1-3H3,(H2,18,22)(H2,19,20,21). The second-order valence-electron chi connectivity index (χ2n) is 6.04. The zero-order chi connectivity index (χ0) is 17.6. The second-order valence-corrected chi connectivity index (χ2v) is 6.99. The monoisotopic (exact) mass is 348 g/mol. The fraction of sp³-hybridized carbons (Fsp3) is 0.412. The normalized spacial score (nSPS) is 12.2. The quantitative estimate of drug-likeness (QED) is 0.529. The summed E-state index contributed by atoms with van der Waals surface area (Å²) >= 11 is 1.75. The number of guanidine groups is 1. The highest BCUT2D eigenvalue weighted by Gasteiger charge is 2.21. The van der Waals surface area contributed by atoms with Crippen LogP contribution in [0.4, 0.5) is 0 Å². The van der Waals surface area contributed by atoms with Gasteiger partial charge in [0.05, 0.1) is 0 Å². The second kappa shape index (κ2) is 8.01. The van der Waals surface area contributed by atoms with Crippen LogP contribution in [0.1, 0.15) is 42.0 Å². The van der Waals surface area contributed by atoms with Gasteiger partial charge in [-0.05, 0) is 30.5 Å². The van der Waals surface area contributed by atoms with Crippen LogP contribution < -0.4 is 16.4 Å². The van der Waals surface area contributed by atoms with Crippen molar-refractivity contribution in [1.82, 2.24) is 10.6 Å². The fourth-order valence-electron chi connectivity index (χ4n) is 2.15. The molecule has 4 N–H and O–H groups in total. The SMILES string of the molecule is CCNC(=NCc1ccc(C(N)=O)o1)NCC(C)(C)c1cccs1. The number of thiophene rings is 1. The van der Waals surface area contributed by atoms with E-state index < -0.39 is 5.91 Å². The average Bonchev–Trinajstić information content (AvgIpc) is 3.21. The predicted molar refractivity (Wildman–Crippen MR) is 97.4 cm³/mol. The number of primary amides is 1. The lowest BCUT2D eigenvalue weighted by atomic mass is 9.91. The molecule has 7 heteroatoms. The number of furan rings is 1. The first kappa shape index (κ1) is 18.1. The molecule has 0 spiro atoms. The zero-order valence-electron chi connectivity index (χ0n) is 14.3. The number of aliphatic imine (C=N–C) groups is 1. The van der Waals surface area contributed by atoms with Crippen LogP contribution in [0, 0.1) is 0 Å². The number of nitrogens with one attached hydrogen (secondary N) is 2. The largest absolute Gasteiger partial charge is 0.454 e. The van der Waals surface area contributed by atoms with Gasteiger partial charge >= 0.3 is 0 Å². The summed E-state index contributed by atoms with van der Waals surface area (Å²) in [7, 11) is 0. The van der Waals surface area contributed by atoms with Crippen molar-refractivity contribution in [1.29, 1.82) is 0 Å². The van der Waals surface area contributed by atoms with E-state index in [1.807, 2.05) is 6.92 Å². The Kier molecular flexibility index (Phi) is 6.03. The van der Waals surface area contributed by atoms with E-state index in [2.05, 4.69) is 47.0 Å². The minimum absolute atomic E-state index is 0.00811. The van der Waals surface area contributed by atoms with Gasteiger partial charge in [0.2, 0.25) is 0 Å². The molecular formula is C17H24N4O2S. The molecule has 0 atom stereocenters. The van der Waals surface area contributed by atoms with Gasteiger partial charge in [-0.15, -0.1) is 11.3 Å². The minimum Gasteiger partial charge on any atom is -0.454 e. The molecule has 2 heterocycles. The fourth-order valence-corrected chi connectivity index (χ4v) is 3.00. The third kappa shape index (κ3) is 4.86. The number of rotatable bonds is 7. The first-order chi connectivity index (χ1) is 11.4. The average molecular weight is 348 g/mol. The first-order valence-electron chi connectivity index (χ1n) is 7.87. The summed E-state index contributed by atoms with van der Waals surface area (Å²) in [5.74, 6) is 0.877. The van der Waals surface area contributed by atoms with Gasteiger partial charge in [-0.3, -0.25) is 4.79 Å². The topological polar surface area (TPSA) is 92.6 Å². The van der Waals surface area contributed by atoms with Crippen LogP contribution in [0.2, 0.25) is 0 Å². The van der Waals surface area contributed by atoms with Crippen molar-refractivity contribution in [2.45, 2.75) is 32.7 Å². The van der Waals surface area contributed by atoms with Gasteiger partial charge < -0.3 is 20.8 Å². The Morgan fingerprint density at radius 3 is 2.71 bits per heavy atom. The molecule has 2 aromatic heterocycles. The lowest BCUT2D eigenvalue weighted by Crippen LogP contribution is -2.43. The lowest BCUT2D eigenvalue weighted by Gasteiger charge is -2.25. The molecule has 2 aromatic rings. The highest BCUT2D eigenvalue weighted by atomic mass is 32.1. The molecule has 0 aliphatic rings. The van der Waals surface area contributed by atoms with Gasteiger partial charge in [-0.25, -0.2) is 4.99 Å². The van der Waals surface area contributed by atoms with Crippen LogP contribution >= 0.6 is 11.3 Å². The van der Waals surface area contributed by atoms with Crippen molar-refractivity contribution >= 4 is 23.2 Å². The number of hydrogen-bond donors (Lipinski definition) is 3. The molecule has 0 fully saturated rings. The Bertz CT molecular complexity index is 689. The number of carbonyl (C=O) groups excluding carboxylic acids is 1. The Morgan fingerprint density at radius 2 is 2.12 bits per heavy atom. The van der Waals surface area contributed by atoms with E-state index in [1.165, 1.54) is 4.88 Å². The maximum Gasteiger partial charge on any atom is 0.284 e. The van der Waals surface area contributed by atoms with Crippen molar-refractivity contribution in [3.05, 3.63) is 46.0 Å². The van der Waals surface area contributed by atoms with Crippen LogP contribution in [-0.2, 0) is 12.0 Å². The number of nitrogens with two attached hydrogens (primary N) is 1. The molecule has 130 valence electrons. The number of carbonyl (C=O) groups is 1. The predicted octanol–water partition coefficient (Wildman–Crippen LogP) is 2.47. The summed E-state index contributed by atoms with van der Waals surface area (Å²) in [5, 5.41) is 8.66. The summed E-state index contributed by atoms with van der Waals surface area (Å²) in [6.45, 7) is 8.25. The third-order valence-corrected chi connectivity index (χ3v) is 4.76. The third-order valence-electron chi connectivity index (χ3n) is 3.53. The van der Waals surface area contributed by atoms with E-state index in [-0.39, 0.29) is 11.2 Å². The van der Waals surface area contributed by atoms with Crippen LogP contribution in [0.25, 0.3) is 0 Å². The van der Waals surface area contributed by atoms with Crippen molar-refractivity contribution < 1.29 is 9.21 Å². The van der Waals surface area contributed by atoms with E-state index in [4.69, 9.17) is 10.2 Å². The smallest absolute Gasteiger partial charge is 0.284 e. The van der Waals surface area contributed by atoms with E-state index in [0.29, 0.717) is 18.3 Å². The van der Waals surface area contributed by atoms with E-state index in [9.17, 15) is 4.79 Å². The Balaban J connectivity index is 1.98. The molecule has 0 aromatic carbocycles. The molecule has 24 heavy (non-hydrogen) atoms. The van der Waals surface area contributed by atoms with Gasteiger partial charge in [0, 0.05) is 23.4 Å². The molecule has 0 saturated carbocycles. The van der Waals surface area contributed by atoms with Gasteiger partial charge in [-0.2, -0.15) is 0 Å². The summed E-state index contributed by atoms with van der Waals surface area (Å²) in [6.07, 6.45) is 0.